The molecule has 94 valence electrons. The van der Waals surface area contributed by atoms with E-state index >= 15 is 0 Å². The van der Waals surface area contributed by atoms with Crippen LogP contribution in [-0.2, 0) is 10.2 Å². The molecule has 1 atom stereocenters. The molecule has 0 amide bonds. The van der Waals surface area contributed by atoms with Crippen LogP contribution in [0.5, 0.6) is 0 Å². The minimum Gasteiger partial charge on any atom is -0.379 e. The monoisotopic (exact) mass is 237 g/mol. The minimum absolute atomic E-state index is 0.144. The molecule has 1 saturated heterocycles. The van der Waals surface area contributed by atoms with Crippen LogP contribution in [0.4, 0.5) is 4.39 Å². The van der Waals surface area contributed by atoms with Crippen molar-refractivity contribution in [3.8, 4) is 0 Å². The molecule has 2 rings (SSSR count). The lowest BCUT2D eigenvalue weighted by Gasteiger charge is -2.49. The Bertz CT molecular complexity index is 388. The third-order valence-corrected chi connectivity index (χ3v) is 3.90. The number of rotatable bonds is 4. The van der Waals surface area contributed by atoms with Gasteiger partial charge in [0, 0.05) is 5.41 Å². The van der Waals surface area contributed by atoms with Crippen LogP contribution in [0.2, 0.25) is 0 Å². The predicted octanol–water partition coefficient (Wildman–Crippen LogP) is 2.32. The number of hydrogen-bond acceptors (Lipinski definition) is 2. The van der Waals surface area contributed by atoms with E-state index < -0.39 is 0 Å². The summed E-state index contributed by atoms with van der Waals surface area (Å²) in [6.07, 6.45) is 0. The van der Waals surface area contributed by atoms with Crippen LogP contribution in [-0.4, -0.2) is 19.8 Å². The third kappa shape index (κ3) is 1.98. The summed E-state index contributed by atoms with van der Waals surface area (Å²) in [5.74, 6) is 0.534. The van der Waals surface area contributed by atoms with Gasteiger partial charge in [0.15, 0.2) is 0 Å². The van der Waals surface area contributed by atoms with E-state index in [0.29, 0.717) is 25.7 Å². The van der Waals surface area contributed by atoms with Crippen molar-refractivity contribution in [3.05, 3.63) is 35.6 Å². The van der Waals surface area contributed by atoms with E-state index in [0.717, 1.165) is 5.56 Å². The number of hydrogen-bond donors (Lipinski definition) is 1. The van der Waals surface area contributed by atoms with Gasteiger partial charge in [0.05, 0.1) is 13.2 Å². The molecule has 1 aromatic rings. The molecule has 1 unspecified atom stereocenters. The van der Waals surface area contributed by atoms with Crippen molar-refractivity contribution >= 4 is 0 Å². The lowest BCUT2D eigenvalue weighted by Crippen LogP contribution is -2.56. The number of ether oxygens (including phenoxy) is 1. The second-order valence-corrected chi connectivity index (χ2v) is 5.21. The largest absolute Gasteiger partial charge is 0.379 e. The molecule has 0 spiro atoms. The molecule has 2 nitrogen and oxygen atoms in total. The molecule has 1 aliphatic heterocycles. The Labute approximate surface area is 102 Å². The Kier molecular flexibility index (Phi) is 3.50. The fraction of sp³-hybridized carbons (Fsp3) is 0.571. The summed E-state index contributed by atoms with van der Waals surface area (Å²) in [6.45, 7) is 5.99. The van der Waals surface area contributed by atoms with E-state index in [1.807, 2.05) is 12.1 Å². The zero-order valence-electron chi connectivity index (χ0n) is 10.4. The SMILES string of the molecule is CC(C)C(CN)C1(c2ccccc2F)COC1. The second kappa shape index (κ2) is 4.75. The molecule has 17 heavy (non-hydrogen) atoms. The van der Waals surface area contributed by atoms with Crippen LogP contribution >= 0.6 is 0 Å². The normalized spacial score (nSPS) is 20.1. The average molecular weight is 237 g/mol. The molecule has 1 aromatic carbocycles. The van der Waals surface area contributed by atoms with E-state index in [9.17, 15) is 4.39 Å². The van der Waals surface area contributed by atoms with Gasteiger partial charge in [-0.2, -0.15) is 0 Å². The number of benzene rings is 1. The van der Waals surface area contributed by atoms with Crippen LogP contribution < -0.4 is 5.73 Å². The van der Waals surface area contributed by atoms with E-state index in [4.69, 9.17) is 10.5 Å². The van der Waals surface area contributed by atoms with Gasteiger partial charge in [-0.1, -0.05) is 32.0 Å². The highest BCUT2D eigenvalue weighted by Gasteiger charge is 2.48. The maximum absolute atomic E-state index is 14.0. The highest BCUT2D eigenvalue weighted by molar-refractivity contribution is 5.31. The van der Waals surface area contributed by atoms with Crippen LogP contribution in [0, 0.1) is 17.7 Å². The Balaban J connectivity index is 2.41. The van der Waals surface area contributed by atoms with Gasteiger partial charge in [-0.3, -0.25) is 0 Å². The first-order valence-corrected chi connectivity index (χ1v) is 6.14. The minimum atomic E-state index is -0.228. The van der Waals surface area contributed by atoms with Crippen molar-refractivity contribution in [1.82, 2.24) is 0 Å². The van der Waals surface area contributed by atoms with E-state index in [1.165, 1.54) is 6.07 Å². The molecule has 1 aliphatic rings. The van der Waals surface area contributed by atoms with Gasteiger partial charge in [-0.15, -0.1) is 0 Å². The van der Waals surface area contributed by atoms with Crippen LogP contribution in [0.1, 0.15) is 19.4 Å². The summed E-state index contributed by atoms with van der Waals surface area (Å²) < 4.78 is 19.3. The van der Waals surface area contributed by atoms with E-state index in [2.05, 4.69) is 13.8 Å². The van der Waals surface area contributed by atoms with Gasteiger partial charge in [0.25, 0.3) is 0 Å². The van der Waals surface area contributed by atoms with Gasteiger partial charge in [0.2, 0.25) is 0 Å². The number of nitrogens with two attached hydrogens (primary N) is 1. The average Bonchev–Trinajstić information content (AvgIpc) is 2.24. The van der Waals surface area contributed by atoms with Crippen LogP contribution in [0.25, 0.3) is 0 Å². The highest BCUT2D eigenvalue weighted by Crippen LogP contribution is 2.43. The summed E-state index contributed by atoms with van der Waals surface area (Å²) in [5.41, 5.74) is 6.41. The number of halogens is 1. The van der Waals surface area contributed by atoms with Gasteiger partial charge < -0.3 is 10.5 Å². The Hall–Kier alpha value is -0.930. The van der Waals surface area contributed by atoms with E-state index in [-0.39, 0.29) is 17.2 Å². The molecule has 0 saturated carbocycles. The van der Waals surface area contributed by atoms with Crippen molar-refractivity contribution in [3.63, 3.8) is 0 Å². The van der Waals surface area contributed by atoms with Crippen molar-refractivity contribution in [2.24, 2.45) is 17.6 Å². The molecule has 0 aliphatic carbocycles. The summed E-state index contributed by atoms with van der Waals surface area (Å²) in [6, 6.07) is 6.98. The molecule has 1 fully saturated rings. The molecule has 3 heteroatoms. The van der Waals surface area contributed by atoms with Crippen LogP contribution in [0.15, 0.2) is 24.3 Å². The Morgan fingerprint density at radius 1 is 1.35 bits per heavy atom. The van der Waals surface area contributed by atoms with Gasteiger partial charge in [-0.25, -0.2) is 4.39 Å². The lowest BCUT2D eigenvalue weighted by atomic mass is 9.64. The van der Waals surface area contributed by atoms with Crippen molar-refractivity contribution in [1.29, 1.82) is 0 Å². The summed E-state index contributed by atoms with van der Waals surface area (Å²) in [5, 5.41) is 0. The third-order valence-electron chi connectivity index (χ3n) is 3.90. The first-order valence-electron chi connectivity index (χ1n) is 6.14. The Morgan fingerprint density at radius 2 is 2.00 bits per heavy atom. The predicted molar refractivity (Wildman–Crippen MR) is 66.3 cm³/mol. The first-order chi connectivity index (χ1) is 8.12. The summed E-state index contributed by atoms with van der Waals surface area (Å²) >= 11 is 0. The zero-order valence-corrected chi connectivity index (χ0v) is 10.4. The fourth-order valence-corrected chi connectivity index (χ4v) is 2.89. The molecule has 0 aromatic heterocycles. The molecular weight excluding hydrogens is 217 g/mol. The molecule has 1 heterocycles. The summed E-state index contributed by atoms with van der Waals surface area (Å²) in [4.78, 5) is 0. The second-order valence-electron chi connectivity index (χ2n) is 5.21. The molecule has 2 N–H and O–H groups in total. The fourth-order valence-electron chi connectivity index (χ4n) is 2.89. The molecular formula is C14H20FNO. The van der Waals surface area contributed by atoms with Crippen LogP contribution in [0.3, 0.4) is 0 Å². The molecule has 0 radical (unpaired) electrons. The molecule has 0 bridgehead atoms. The standard InChI is InChI=1S/C14H20FNO/c1-10(2)12(7-16)14(8-17-9-14)11-5-3-4-6-13(11)15/h3-6,10,12H,7-9,16H2,1-2H3. The summed E-state index contributed by atoms with van der Waals surface area (Å²) in [7, 11) is 0. The lowest BCUT2D eigenvalue weighted by molar-refractivity contribution is -0.0997. The van der Waals surface area contributed by atoms with Crippen molar-refractivity contribution in [2.75, 3.05) is 19.8 Å². The first kappa shape index (κ1) is 12.5. The van der Waals surface area contributed by atoms with Crippen molar-refractivity contribution in [2.45, 2.75) is 19.3 Å². The van der Waals surface area contributed by atoms with E-state index in [1.54, 1.807) is 6.07 Å². The zero-order chi connectivity index (χ0) is 12.5. The van der Waals surface area contributed by atoms with Gasteiger partial charge >= 0.3 is 0 Å². The maximum atomic E-state index is 14.0. The van der Waals surface area contributed by atoms with Gasteiger partial charge in [0.1, 0.15) is 5.82 Å². The van der Waals surface area contributed by atoms with Crippen molar-refractivity contribution < 1.29 is 9.13 Å². The smallest absolute Gasteiger partial charge is 0.127 e. The Morgan fingerprint density at radius 3 is 2.41 bits per heavy atom. The maximum Gasteiger partial charge on any atom is 0.127 e. The topological polar surface area (TPSA) is 35.2 Å². The van der Waals surface area contributed by atoms with Gasteiger partial charge in [-0.05, 0) is 30.0 Å². The highest BCUT2D eigenvalue weighted by atomic mass is 19.1. The quantitative estimate of drug-likeness (QED) is 0.872.